The number of carbonyl (C=O) groups is 1. The van der Waals surface area contributed by atoms with E-state index in [-0.39, 0.29) is 5.91 Å². The molecule has 2 bridgehead atoms. The van der Waals surface area contributed by atoms with Gasteiger partial charge in [-0.15, -0.1) is 0 Å². The minimum absolute atomic E-state index is 0.169. The highest BCUT2D eigenvalue weighted by Gasteiger charge is 2.34. The fraction of sp³-hybridized carbons (Fsp3) is 0.409. The van der Waals surface area contributed by atoms with Gasteiger partial charge in [-0.1, -0.05) is 48.0 Å². The first kappa shape index (κ1) is 17.6. The Bertz CT molecular complexity index is 762. The SMILES string of the molecule is O=C(CC1CC2CCC(C1)N2)NCc1ccccc1-c1ccc(Cl)cc1. The largest absolute Gasteiger partial charge is 0.352 e. The standard InChI is InChI=1S/C22H25ClN2O/c23-18-7-5-16(6-8-18)21-4-2-1-3-17(21)14-24-22(26)13-15-11-19-9-10-20(12-15)25-19/h1-8,15,19-20,25H,9-14H2,(H,24,26). The molecule has 2 aliphatic heterocycles. The zero-order valence-electron chi connectivity index (χ0n) is 14.9. The van der Waals surface area contributed by atoms with Crippen molar-refractivity contribution in [3.63, 3.8) is 0 Å². The molecule has 0 aliphatic carbocycles. The second-order valence-corrected chi connectivity index (χ2v) is 8.06. The summed E-state index contributed by atoms with van der Waals surface area (Å²) in [5.74, 6) is 0.697. The molecule has 26 heavy (non-hydrogen) atoms. The Morgan fingerprint density at radius 2 is 1.73 bits per heavy atom. The van der Waals surface area contributed by atoms with Crippen molar-refractivity contribution in [1.82, 2.24) is 10.6 Å². The molecule has 2 heterocycles. The van der Waals surface area contributed by atoms with Gasteiger partial charge in [-0.25, -0.2) is 0 Å². The molecule has 2 atom stereocenters. The summed E-state index contributed by atoms with van der Waals surface area (Å²) in [6, 6.07) is 17.3. The number of halogens is 1. The first-order valence-electron chi connectivity index (χ1n) is 9.54. The zero-order valence-corrected chi connectivity index (χ0v) is 15.6. The average Bonchev–Trinajstić information content (AvgIpc) is 2.99. The quantitative estimate of drug-likeness (QED) is 0.813. The molecule has 2 unspecified atom stereocenters. The van der Waals surface area contributed by atoms with Crippen LogP contribution in [-0.4, -0.2) is 18.0 Å². The Labute approximate surface area is 160 Å². The summed E-state index contributed by atoms with van der Waals surface area (Å²) in [6.07, 6.45) is 5.49. The lowest BCUT2D eigenvalue weighted by Gasteiger charge is -2.28. The zero-order chi connectivity index (χ0) is 17.9. The van der Waals surface area contributed by atoms with E-state index < -0.39 is 0 Å². The van der Waals surface area contributed by atoms with E-state index in [4.69, 9.17) is 11.6 Å². The van der Waals surface area contributed by atoms with Crippen LogP contribution in [0.4, 0.5) is 0 Å². The van der Waals surface area contributed by atoms with Crippen molar-refractivity contribution >= 4 is 17.5 Å². The van der Waals surface area contributed by atoms with Gasteiger partial charge in [0, 0.05) is 30.1 Å². The third-order valence-corrected chi connectivity index (χ3v) is 5.95. The van der Waals surface area contributed by atoms with E-state index in [1.165, 1.54) is 12.8 Å². The molecule has 4 heteroatoms. The van der Waals surface area contributed by atoms with Crippen molar-refractivity contribution in [3.05, 3.63) is 59.1 Å². The van der Waals surface area contributed by atoms with Crippen molar-refractivity contribution in [2.75, 3.05) is 0 Å². The van der Waals surface area contributed by atoms with Gasteiger partial charge in [0.15, 0.2) is 0 Å². The summed E-state index contributed by atoms with van der Waals surface area (Å²) < 4.78 is 0. The maximum absolute atomic E-state index is 12.5. The summed E-state index contributed by atoms with van der Waals surface area (Å²) in [6.45, 7) is 0.565. The molecule has 136 valence electrons. The lowest BCUT2D eigenvalue weighted by atomic mass is 9.89. The molecule has 2 aromatic rings. The summed E-state index contributed by atoms with van der Waals surface area (Å²) in [5.41, 5.74) is 3.40. The van der Waals surface area contributed by atoms with Crippen LogP contribution >= 0.6 is 11.6 Å². The summed E-state index contributed by atoms with van der Waals surface area (Å²) >= 11 is 6.00. The van der Waals surface area contributed by atoms with Gasteiger partial charge in [-0.3, -0.25) is 4.79 Å². The second kappa shape index (κ2) is 7.81. The van der Waals surface area contributed by atoms with Crippen LogP contribution in [0.25, 0.3) is 11.1 Å². The molecule has 0 radical (unpaired) electrons. The Morgan fingerprint density at radius 1 is 1.04 bits per heavy atom. The summed E-state index contributed by atoms with van der Waals surface area (Å²) in [7, 11) is 0. The van der Waals surface area contributed by atoms with Gasteiger partial charge in [0.1, 0.15) is 0 Å². The van der Waals surface area contributed by atoms with E-state index in [1.54, 1.807) is 0 Å². The smallest absolute Gasteiger partial charge is 0.220 e. The van der Waals surface area contributed by atoms with Gasteiger partial charge in [0.25, 0.3) is 0 Å². The number of piperidine rings is 1. The number of benzene rings is 2. The molecule has 2 fully saturated rings. The highest BCUT2D eigenvalue weighted by molar-refractivity contribution is 6.30. The van der Waals surface area contributed by atoms with Crippen molar-refractivity contribution in [2.45, 2.75) is 50.7 Å². The van der Waals surface area contributed by atoms with E-state index in [0.717, 1.165) is 34.6 Å². The number of carbonyl (C=O) groups excluding carboxylic acids is 1. The average molecular weight is 369 g/mol. The molecule has 2 saturated heterocycles. The lowest BCUT2D eigenvalue weighted by molar-refractivity contribution is -0.122. The normalized spacial score (nSPS) is 24.4. The summed E-state index contributed by atoms with van der Waals surface area (Å²) in [4.78, 5) is 12.5. The van der Waals surface area contributed by atoms with Crippen molar-refractivity contribution in [3.8, 4) is 11.1 Å². The maximum Gasteiger partial charge on any atom is 0.220 e. The topological polar surface area (TPSA) is 41.1 Å². The van der Waals surface area contributed by atoms with Crippen LogP contribution in [0.5, 0.6) is 0 Å². The van der Waals surface area contributed by atoms with Crippen LogP contribution in [0, 0.1) is 5.92 Å². The van der Waals surface area contributed by atoms with Crippen LogP contribution in [-0.2, 0) is 11.3 Å². The molecular weight excluding hydrogens is 344 g/mol. The van der Waals surface area contributed by atoms with Crippen LogP contribution in [0.2, 0.25) is 5.02 Å². The fourth-order valence-corrected chi connectivity index (χ4v) is 4.58. The van der Waals surface area contributed by atoms with Crippen LogP contribution in [0.3, 0.4) is 0 Å². The van der Waals surface area contributed by atoms with Gasteiger partial charge in [0.05, 0.1) is 0 Å². The van der Waals surface area contributed by atoms with Crippen LogP contribution < -0.4 is 10.6 Å². The van der Waals surface area contributed by atoms with Crippen molar-refractivity contribution in [2.24, 2.45) is 5.92 Å². The maximum atomic E-state index is 12.5. The lowest BCUT2D eigenvalue weighted by Crippen LogP contribution is -2.39. The summed E-state index contributed by atoms with van der Waals surface area (Å²) in [5, 5.41) is 7.50. The number of rotatable bonds is 5. The van der Waals surface area contributed by atoms with Crippen molar-refractivity contribution < 1.29 is 4.79 Å². The van der Waals surface area contributed by atoms with Gasteiger partial charge >= 0.3 is 0 Å². The van der Waals surface area contributed by atoms with Crippen molar-refractivity contribution in [1.29, 1.82) is 0 Å². The number of hydrogen-bond donors (Lipinski definition) is 2. The predicted octanol–water partition coefficient (Wildman–Crippen LogP) is 4.54. The molecule has 2 aliphatic rings. The van der Waals surface area contributed by atoms with E-state index >= 15 is 0 Å². The van der Waals surface area contributed by atoms with E-state index in [0.29, 0.717) is 31.0 Å². The molecule has 2 N–H and O–H groups in total. The number of fused-ring (bicyclic) bond motifs is 2. The molecule has 3 nitrogen and oxygen atoms in total. The first-order valence-corrected chi connectivity index (χ1v) is 9.92. The monoisotopic (exact) mass is 368 g/mol. The molecule has 1 amide bonds. The van der Waals surface area contributed by atoms with Gasteiger partial charge < -0.3 is 10.6 Å². The minimum atomic E-state index is 0.169. The Kier molecular flexibility index (Phi) is 5.28. The fourth-order valence-electron chi connectivity index (χ4n) is 4.46. The van der Waals surface area contributed by atoms with E-state index in [2.05, 4.69) is 22.8 Å². The number of amides is 1. The molecule has 0 spiro atoms. The van der Waals surface area contributed by atoms with E-state index in [1.807, 2.05) is 36.4 Å². The third-order valence-electron chi connectivity index (χ3n) is 5.69. The number of nitrogens with one attached hydrogen (secondary N) is 2. The Balaban J connectivity index is 1.37. The second-order valence-electron chi connectivity index (χ2n) is 7.62. The van der Waals surface area contributed by atoms with E-state index in [9.17, 15) is 4.79 Å². The minimum Gasteiger partial charge on any atom is -0.352 e. The molecular formula is C22H25ClN2O. The Hall–Kier alpha value is -1.84. The molecule has 4 rings (SSSR count). The van der Waals surface area contributed by atoms with Gasteiger partial charge in [-0.05, 0) is 60.4 Å². The van der Waals surface area contributed by atoms with Crippen LogP contribution in [0.1, 0.15) is 37.7 Å². The molecule has 0 saturated carbocycles. The molecule has 2 aromatic carbocycles. The van der Waals surface area contributed by atoms with Gasteiger partial charge in [-0.2, -0.15) is 0 Å². The van der Waals surface area contributed by atoms with Gasteiger partial charge in [0.2, 0.25) is 5.91 Å². The third kappa shape index (κ3) is 4.11. The predicted molar refractivity (Wildman–Crippen MR) is 106 cm³/mol. The first-order chi connectivity index (χ1) is 12.7. The number of hydrogen-bond acceptors (Lipinski definition) is 2. The molecule has 0 aromatic heterocycles. The Morgan fingerprint density at radius 3 is 2.46 bits per heavy atom. The highest BCUT2D eigenvalue weighted by Crippen LogP contribution is 2.32. The van der Waals surface area contributed by atoms with Crippen LogP contribution in [0.15, 0.2) is 48.5 Å². The highest BCUT2D eigenvalue weighted by atomic mass is 35.5.